The van der Waals surface area contributed by atoms with Crippen molar-refractivity contribution in [3.05, 3.63) is 18.2 Å². The highest BCUT2D eigenvalue weighted by Gasteiger charge is 2.21. The van der Waals surface area contributed by atoms with E-state index in [9.17, 15) is 0 Å². The molecule has 0 bridgehead atoms. The number of hydrogen-bond acceptors (Lipinski definition) is 3. The van der Waals surface area contributed by atoms with Crippen molar-refractivity contribution in [2.75, 3.05) is 12.8 Å². The molecule has 1 saturated carbocycles. The first-order valence-corrected chi connectivity index (χ1v) is 8.01. The van der Waals surface area contributed by atoms with Crippen LogP contribution in [0.1, 0.15) is 39.0 Å². The third-order valence-electron chi connectivity index (χ3n) is 4.97. The first-order chi connectivity index (χ1) is 10.2. The molecule has 1 fully saturated rings. The zero-order valence-electron chi connectivity index (χ0n) is 13.0. The fraction of sp³-hybridized carbons (Fsp3) is 0.588. The van der Waals surface area contributed by atoms with Gasteiger partial charge in [-0.25, -0.2) is 4.98 Å². The van der Waals surface area contributed by atoms with Gasteiger partial charge in [-0.1, -0.05) is 26.2 Å². The number of nitrogens with two attached hydrogens (primary N) is 1. The first kappa shape index (κ1) is 14.2. The Labute approximate surface area is 126 Å². The number of aromatic nitrogens is 2. The lowest BCUT2D eigenvalue weighted by Crippen LogP contribution is -2.19. The number of imidazole rings is 1. The highest BCUT2D eigenvalue weighted by molar-refractivity contribution is 5.79. The monoisotopic (exact) mass is 287 g/mol. The van der Waals surface area contributed by atoms with Gasteiger partial charge in [0.05, 0.1) is 18.1 Å². The maximum absolute atomic E-state index is 6.13. The molecular weight excluding hydrogens is 262 g/mol. The molecule has 0 saturated heterocycles. The molecule has 1 aromatic carbocycles. The summed E-state index contributed by atoms with van der Waals surface area (Å²) in [4.78, 5) is 4.47. The van der Waals surface area contributed by atoms with Crippen LogP contribution in [0.25, 0.3) is 11.0 Å². The molecule has 0 spiro atoms. The fourth-order valence-corrected chi connectivity index (χ4v) is 3.52. The molecule has 2 N–H and O–H groups in total. The van der Waals surface area contributed by atoms with Crippen LogP contribution >= 0.6 is 0 Å². The summed E-state index contributed by atoms with van der Waals surface area (Å²) in [6.45, 7) is 3.28. The molecule has 0 atom stereocenters. The van der Waals surface area contributed by atoms with Crippen LogP contribution in [0.2, 0.25) is 0 Å². The fourth-order valence-electron chi connectivity index (χ4n) is 3.52. The van der Waals surface area contributed by atoms with Gasteiger partial charge in [0, 0.05) is 12.6 Å². The third-order valence-corrected chi connectivity index (χ3v) is 4.97. The molecular formula is C17H25N3O. The van der Waals surface area contributed by atoms with Gasteiger partial charge in [-0.05, 0) is 36.8 Å². The summed E-state index contributed by atoms with van der Waals surface area (Å²) in [5.74, 6) is 3.13. The van der Waals surface area contributed by atoms with Crippen molar-refractivity contribution < 1.29 is 4.74 Å². The van der Waals surface area contributed by atoms with Gasteiger partial charge in [0.15, 0.2) is 0 Å². The average molecular weight is 287 g/mol. The van der Waals surface area contributed by atoms with E-state index in [1.54, 1.807) is 7.11 Å². The molecule has 21 heavy (non-hydrogen) atoms. The Morgan fingerprint density at radius 1 is 1.24 bits per heavy atom. The Hall–Kier alpha value is -1.71. The third kappa shape index (κ3) is 2.85. The summed E-state index contributed by atoms with van der Waals surface area (Å²) in [5, 5.41) is 0. The lowest BCUT2D eigenvalue weighted by molar-refractivity contribution is 0.250. The largest absolute Gasteiger partial charge is 0.497 e. The van der Waals surface area contributed by atoms with Gasteiger partial charge < -0.3 is 15.0 Å². The van der Waals surface area contributed by atoms with Gasteiger partial charge in [-0.15, -0.1) is 0 Å². The van der Waals surface area contributed by atoms with Crippen LogP contribution in [0.5, 0.6) is 5.75 Å². The molecule has 1 aliphatic carbocycles. The molecule has 1 heterocycles. The minimum Gasteiger partial charge on any atom is -0.497 e. The van der Waals surface area contributed by atoms with Crippen LogP contribution in [0.3, 0.4) is 0 Å². The van der Waals surface area contributed by atoms with Crippen molar-refractivity contribution in [1.82, 2.24) is 9.55 Å². The second kappa shape index (κ2) is 5.96. The zero-order valence-corrected chi connectivity index (χ0v) is 13.0. The van der Waals surface area contributed by atoms with E-state index < -0.39 is 0 Å². The molecule has 3 rings (SSSR count). The van der Waals surface area contributed by atoms with E-state index in [4.69, 9.17) is 10.5 Å². The minimum absolute atomic E-state index is 0.621. The number of ether oxygens (including phenoxy) is 1. The second-order valence-corrected chi connectivity index (χ2v) is 6.23. The summed E-state index contributed by atoms with van der Waals surface area (Å²) in [6, 6.07) is 5.96. The number of fused-ring (bicyclic) bond motifs is 1. The van der Waals surface area contributed by atoms with Crippen LogP contribution in [0.4, 0.5) is 5.95 Å². The molecule has 0 aliphatic heterocycles. The smallest absolute Gasteiger partial charge is 0.201 e. The molecule has 114 valence electrons. The summed E-state index contributed by atoms with van der Waals surface area (Å²) < 4.78 is 7.48. The molecule has 1 aromatic heterocycles. The number of nitrogen functional groups attached to an aromatic ring is 1. The van der Waals surface area contributed by atoms with Gasteiger partial charge in [0.25, 0.3) is 0 Å². The molecule has 0 radical (unpaired) electrons. The highest BCUT2D eigenvalue weighted by Crippen LogP contribution is 2.33. The molecule has 4 heteroatoms. The van der Waals surface area contributed by atoms with Crippen LogP contribution in [0.15, 0.2) is 18.2 Å². The normalized spacial score (nSPS) is 22.6. The summed E-state index contributed by atoms with van der Waals surface area (Å²) in [5.41, 5.74) is 8.17. The van der Waals surface area contributed by atoms with E-state index in [1.165, 1.54) is 32.1 Å². The summed E-state index contributed by atoms with van der Waals surface area (Å²) in [7, 11) is 1.69. The van der Waals surface area contributed by atoms with Gasteiger partial charge in [0.2, 0.25) is 5.95 Å². The highest BCUT2D eigenvalue weighted by atomic mass is 16.5. The van der Waals surface area contributed by atoms with Crippen LogP contribution in [-0.4, -0.2) is 16.7 Å². The van der Waals surface area contributed by atoms with E-state index in [1.807, 2.05) is 18.2 Å². The van der Waals surface area contributed by atoms with Crippen molar-refractivity contribution in [1.29, 1.82) is 0 Å². The molecule has 4 nitrogen and oxygen atoms in total. The number of anilines is 1. The first-order valence-electron chi connectivity index (χ1n) is 8.01. The van der Waals surface area contributed by atoms with E-state index >= 15 is 0 Å². The van der Waals surface area contributed by atoms with E-state index in [-0.39, 0.29) is 0 Å². The zero-order chi connectivity index (χ0) is 14.8. The maximum atomic E-state index is 6.13. The second-order valence-electron chi connectivity index (χ2n) is 6.23. The molecule has 0 amide bonds. The predicted molar refractivity (Wildman–Crippen MR) is 86.4 cm³/mol. The van der Waals surface area contributed by atoms with Crippen molar-refractivity contribution in [2.24, 2.45) is 11.8 Å². The number of rotatable bonds is 4. The predicted octanol–water partition coefficient (Wildman–Crippen LogP) is 3.84. The lowest BCUT2D eigenvalue weighted by atomic mass is 9.81. The summed E-state index contributed by atoms with van der Waals surface area (Å²) in [6.07, 6.45) is 6.65. The van der Waals surface area contributed by atoms with Crippen LogP contribution in [0, 0.1) is 11.8 Å². The number of nitrogens with zero attached hydrogens (tertiary/aromatic N) is 2. The van der Waals surface area contributed by atoms with E-state index in [0.717, 1.165) is 35.2 Å². The molecule has 1 aliphatic rings. The van der Waals surface area contributed by atoms with E-state index in [0.29, 0.717) is 5.95 Å². The van der Waals surface area contributed by atoms with Crippen molar-refractivity contribution in [2.45, 2.75) is 45.6 Å². The van der Waals surface area contributed by atoms with Gasteiger partial charge >= 0.3 is 0 Å². The van der Waals surface area contributed by atoms with E-state index in [2.05, 4.69) is 16.5 Å². The van der Waals surface area contributed by atoms with Gasteiger partial charge in [-0.3, -0.25) is 0 Å². The topological polar surface area (TPSA) is 53.1 Å². The van der Waals surface area contributed by atoms with Crippen molar-refractivity contribution in [3.8, 4) is 5.75 Å². The van der Waals surface area contributed by atoms with Crippen molar-refractivity contribution in [3.63, 3.8) is 0 Å². The Morgan fingerprint density at radius 2 is 1.95 bits per heavy atom. The Bertz CT molecular complexity index is 612. The Balaban J connectivity index is 1.81. The number of benzene rings is 1. The summed E-state index contributed by atoms with van der Waals surface area (Å²) >= 11 is 0. The SMILES string of the molecule is CCC1CCC(Cn2c(N)nc3ccc(OC)cc32)CC1. The Morgan fingerprint density at radius 3 is 2.62 bits per heavy atom. The molecule has 0 unspecified atom stereocenters. The van der Waals surface area contributed by atoms with Gasteiger partial charge in [-0.2, -0.15) is 0 Å². The van der Waals surface area contributed by atoms with Crippen LogP contribution in [-0.2, 0) is 6.54 Å². The standard InChI is InChI=1S/C17H25N3O/c1-3-12-4-6-13(7-5-12)11-20-16-10-14(21-2)8-9-15(16)19-17(20)18/h8-10,12-13H,3-7,11H2,1-2H3,(H2,18,19). The lowest BCUT2D eigenvalue weighted by Gasteiger charge is -2.28. The molecule has 2 aromatic rings. The van der Waals surface area contributed by atoms with Crippen molar-refractivity contribution >= 4 is 17.0 Å². The average Bonchev–Trinajstić information content (AvgIpc) is 2.83. The number of hydrogen-bond donors (Lipinski definition) is 1. The Kier molecular flexibility index (Phi) is 4.04. The quantitative estimate of drug-likeness (QED) is 0.929. The minimum atomic E-state index is 0.621. The maximum Gasteiger partial charge on any atom is 0.201 e. The van der Waals surface area contributed by atoms with Gasteiger partial charge in [0.1, 0.15) is 5.75 Å². The number of methoxy groups -OCH3 is 1. The van der Waals surface area contributed by atoms with Crippen LogP contribution < -0.4 is 10.5 Å².